The van der Waals surface area contributed by atoms with Crippen LogP contribution in [0, 0.1) is 0 Å². The van der Waals surface area contributed by atoms with Gasteiger partial charge in [-0.2, -0.15) is 0 Å². The van der Waals surface area contributed by atoms with Crippen molar-refractivity contribution in [3.63, 3.8) is 0 Å². The molecule has 4 nitrogen and oxygen atoms in total. The Balaban J connectivity index is 4.00. The van der Waals surface area contributed by atoms with Crippen molar-refractivity contribution in [2.24, 2.45) is 0 Å². The molecule has 0 aliphatic rings. The van der Waals surface area contributed by atoms with E-state index in [4.69, 9.17) is 4.74 Å². The van der Waals surface area contributed by atoms with Crippen LogP contribution < -0.4 is 0 Å². The fraction of sp³-hybridized carbons (Fsp3) is 0.818. The van der Waals surface area contributed by atoms with Crippen LogP contribution >= 0.6 is 11.8 Å². The molecule has 1 unspecified atom stereocenters. The molecular formula is C11H21NO3S. The summed E-state index contributed by atoms with van der Waals surface area (Å²) in [7, 11) is 0. The van der Waals surface area contributed by atoms with E-state index in [1.54, 1.807) is 11.8 Å². The Morgan fingerprint density at radius 1 is 1.25 bits per heavy atom. The molecule has 0 heterocycles. The third-order valence-corrected chi connectivity index (χ3v) is 3.28. The fourth-order valence-corrected chi connectivity index (χ4v) is 2.02. The van der Waals surface area contributed by atoms with Crippen molar-refractivity contribution >= 4 is 23.6 Å². The van der Waals surface area contributed by atoms with Crippen molar-refractivity contribution in [1.29, 1.82) is 0 Å². The van der Waals surface area contributed by atoms with Crippen LogP contribution in [0.1, 0.15) is 27.7 Å². The molecule has 0 rings (SSSR count). The van der Waals surface area contributed by atoms with Gasteiger partial charge in [0.1, 0.15) is 0 Å². The highest BCUT2D eigenvalue weighted by Gasteiger charge is 2.19. The Morgan fingerprint density at radius 2 is 1.81 bits per heavy atom. The zero-order chi connectivity index (χ0) is 12.6. The summed E-state index contributed by atoms with van der Waals surface area (Å²) in [6.07, 6.45) is 0. The molecule has 0 aromatic rings. The number of nitrogens with zero attached hydrogens (tertiary/aromatic N) is 1. The van der Waals surface area contributed by atoms with Crippen molar-refractivity contribution in [1.82, 2.24) is 4.90 Å². The molecule has 0 aromatic heterocycles. The second-order valence-electron chi connectivity index (χ2n) is 3.27. The lowest BCUT2D eigenvalue weighted by molar-refractivity contribution is -0.139. The number of carbonyl (C=O) groups excluding carboxylic acids is 2. The fourth-order valence-electron chi connectivity index (χ4n) is 1.26. The van der Waals surface area contributed by atoms with Gasteiger partial charge in [-0.1, -0.05) is 0 Å². The van der Waals surface area contributed by atoms with E-state index in [0.29, 0.717) is 19.7 Å². The molecule has 0 radical (unpaired) electrons. The van der Waals surface area contributed by atoms with Gasteiger partial charge < -0.3 is 9.64 Å². The molecule has 94 valence electrons. The largest absolute Gasteiger partial charge is 0.465 e. The number of hydrogen-bond donors (Lipinski definition) is 0. The molecular weight excluding hydrogens is 226 g/mol. The molecule has 1 amide bonds. The van der Waals surface area contributed by atoms with Gasteiger partial charge in [-0.25, -0.2) is 0 Å². The van der Waals surface area contributed by atoms with Gasteiger partial charge in [-0.15, -0.1) is 11.8 Å². The Morgan fingerprint density at radius 3 is 2.25 bits per heavy atom. The van der Waals surface area contributed by atoms with Crippen LogP contribution in [-0.2, 0) is 14.3 Å². The van der Waals surface area contributed by atoms with Gasteiger partial charge in [-0.3, -0.25) is 9.59 Å². The monoisotopic (exact) mass is 247 g/mol. The number of ether oxygens (including phenoxy) is 1. The Hall–Kier alpha value is -0.710. The minimum absolute atomic E-state index is 0.0827. The average molecular weight is 247 g/mol. The standard InChI is InChI=1S/C11H21NO3S/c1-5-12(6-2)11(14)9(4)16-8-10(13)15-7-3/h9H,5-8H2,1-4H3. The summed E-state index contributed by atoms with van der Waals surface area (Å²) in [6, 6.07) is 0. The minimum atomic E-state index is -0.258. The first kappa shape index (κ1) is 15.3. The maximum Gasteiger partial charge on any atom is 0.315 e. The normalized spacial score (nSPS) is 12.0. The molecule has 0 bridgehead atoms. The maximum absolute atomic E-state index is 11.8. The van der Waals surface area contributed by atoms with Crippen LogP contribution in [0.3, 0.4) is 0 Å². The van der Waals surface area contributed by atoms with E-state index in [1.807, 2.05) is 20.8 Å². The van der Waals surface area contributed by atoms with E-state index < -0.39 is 0 Å². The third-order valence-electron chi connectivity index (χ3n) is 2.18. The first-order chi connectivity index (χ1) is 7.56. The topological polar surface area (TPSA) is 46.6 Å². The van der Waals surface area contributed by atoms with E-state index in [-0.39, 0.29) is 22.9 Å². The molecule has 0 saturated heterocycles. The van der Waals surface area contributed by atoms with Gasteiger partial charge in [0.05, 0.1) is 17.6 Å². The van der Waals surface area contributed by atoms with Gasteiger partial charge in [0.25, 0.3) is 0 Å². The second-order valence-corrected chi connectivity index (χ2v) is 4.60. The van der Waals surface area contributed by atoms with Crippen LogP contribution in [-0.4, -0.2) is 47.5 Å². The summed E-state index contributed by atoms with van der Waals surface area (Å²) in [6.45, 7) is 9.29. The molecule has 0 saturated carbocycles. The summed E-state index contributed by atoms with van der Waals surface area (Å²) in [5, 5.41) is -0.190. The number of esters is 1. The predicted octanol–water partition coefficient (Wildman–Crippen LogP) is 1.54. The Labute approximate surface area is 102 Å². The van der Waals surface area contributed by atoms with Crippen LogP contribution in [0.15, 0.2) is 0 Å². The zero-order valence-corrected chi connectivity index (χ0v) is 11.3. The lowest BCUT2D eigenvalue weighted by Crippen LogP contribution is -2.36. The predicted molar refractivity (Wildman–Crippen MR) is 66.5 cm³/mol. The summed E-state index contributed by atoms with van der Waals surface area (Å²) in [5.74, 6) is 0.0631. The van der Waals surface area contributed by atoms with Gasteiger partial charge in [-0.05, 0) is 27.7 Å². The zero-order valence-electron chi connectivity index (χ0n) is 10.5. The summed E-state index contributed by atoms with van der Waals surface area (Å²) in [4.78, 5) is 24.7. The lowest BCUT2D eigenvalue weighted by atomic mass is 10.4. The van der Waals surface area contributed by atoms with Gasteiger partial charge in [0.15, 0.2) is 0 Å². The maximum atomic E-state index is 11.8. The van der Waals surface area contributed by atoms with Crippen molar-refractivity contribution in [3.8, 4) is 0 Å². The summed E-state index contributed by atoms with van der Waals surface area (Å²) >= 11 is 1.33. The number of rotatable bonds is 7. The number of carbonyl (C=O) groups is 2. The number of hydrogen-bond acceptors (Lipinski definition) is 4. The lowest BCUT2D eigenvalue weighted by Gasteiger charge is -2.22. The van der Waals surface area contributed by atoms with Crippen LogP contribution in [0.5, 0.6) is 0 Å². The van der Waals surface area contributed by atoms with Gasteiger partial charge in [0.2, 0.25) is 5.91 Å². The van der Waals surface area contributed by atoms with Crippen molar-refractivity contribution in [2.75, 3.05) is 25.4 Å². The second kappa shape index (κ2) is 8.44. The molecule has 0 fully saturated rings. The highest BCUT2D eigenvalue weighted by atomic mass is 32.2. The molecule has 0 spiro atoms. The van der Waals surface area contributed by atoms with Gasteiger partial charge >= 0.3 is 5.97 Å². The van der Waals surface area contributed by atoms with Crippen LogP contribution in [0.4, 0.5) is 0 Å². The van der Waals surface area contributed by atoms with Crippen LogP contribution in [0.25, 0.3) is 0 Å². The molecule has 16 heavy (non-hydrogen) atoms. The van der Waals surface area contributed by atoms with E-state index in [1.165, 1.54) is 11.8 Å². The first-order valence-electron chi connectivity index (χ1n) is 5.62. The SMILES string of the molecule is CCOC(=O)CSC(C)C(=O)N(CC)CC. The Bertz CT molecular complexity index is 229. The molecule has 0 aliphatic carbocycles. The van der Waals surface area contributed by atoms with Crippen molar-refractivity contribution in [3.05, 3.63) is 0 Å². The smallest absolute Gasteiger partial charge is 0.315 e. The summed E-state index contributed by atoms with van der Waals surface area (Å²) in [5.41, 5.74) is 0. The van der Waals surface area contributed by atoms with Crippen LogP contribution in [0.2, 0.25) is 0 Å². The number of amides is 1. The van der Waals surface area contributed by atoms with E-state index in [2.05, 4.69) is 0 Å². The van der Waals surface area contributed by atoms with E-state index in [9.17, 15) is 9.59 Å². The van der Waals surface area contributed by atoms with Gasteiger partial charge in [0, 0.05) is 13.1 Å². The Kier molecular flexibility index (Phi) is 8.07. The number of thioether (sulfide) groups is 1. The highest BCUT2D eigenvalue weighted by Crippen LogP contribution is 2.13. The molecule has 1 atom stereocenters. The van der Waals surface area contributed by atoms with E-state index >= 15 is 0 Å². The average Bonchev–Trinajstić information content (AvgIpc) is 2.27. The summed E-state index contributed by atoms with van der Waals surface area (Å²) < 4.78 is 4.80. The highest BCUT2D eigenvalue weighted by molar-refractivity contribution is 8.01. The van der Waals surface area contributed by atoms with E-state index in [0.717, 1.165) is 0 Å². The minimum Gasteiger partial charge on any atom is -0.465 e. The third kappa shape index (κ3) is 5.39. The quantitative estimate of drug-likeness (QED) is 0.640. The van der Waals surface area contributed by atoms with Crippen molar-refractivity contribution in [2.45, 2.75) is 32.9 Å². The first-order valence-corrected chi connectivity index (χ1v) is 6.67. The van der Waals surface area contributed by atoms with Crippen molar-refractivity contribution < 1.29 is 14.3 Å². The molecule has 0 aliphatic heterocycles. The molecule has 0 aromatic carbocycles. The molecule has 5 heteroatoms. The molecule has 0 N–H and O–H groups in total.